The number of nitrogens with one attached hydrogen (secondary N) is 1. The highest BCUT2D eigenvalue weighted by Gasteiger charge is 2.53. The minimum Gasteiger partial charge on any atom is -0.390 e. The number of phosphoric acid groups is 1. The SMILES string of the molecule is Nc1nc2c(ncn2[C@@H]2O[C@@H]3COP(=O)(O)CC4C(O)[C@@H](COP(=O)(O)OC3C2O)O[C@H]4n2cnc3c(N)ncnc32)c(=O)[nH]1. The van der Waals surface area contributed by atoms with E-state index in [1.54, 1.807) is 0 Å². The minimum atomic E-state index is -5.03. The Balaban J connectivity index is 1.21. The van der Waals surface area contributed by atoms with E-state index in [9.17, 15) is 33.9 Å². The first-order chi connectivity index (χ1) is 21.3. The number of hydrogen-bond acceptors (Lipinski definition) is 17. The van der Waals surface area contributed by atoms with Crippen LogP contribution in [0.15, 0.2) is 23.8 Å². The van der Waals surface area contributed by atoms with Crippen LogP contribution in [0.1, 0.15) is 12.5 Å². The number of aliphatic hydroxyl groups is 2. The number of nitrogens with two attached hydrogens (primary N) is 2. The Labute approximate surface area is 250 Å². The quantitative estimate of drug-likeness (QED) is 0.113. The first-order valence-electron chi connectivity index (χ1n) is 13.3. The number of imidazole rings is 2. The van der Waals surface area contributed by atoms with Gasteiger partial charge in [-0.2, -0.15) is 4.98 Å². The number of rotatable bonds is 2. The molecule has 9 N–H and O–H groups in total. The smallest absolute Gasteiger partial charge is 0.390 e. The molecule has 0 amide bonds. The van der Waals surface area contributed by atoms with Crippen molar-refractivity contribution in [2.24, 2.45) is 5.92 Å². The Kier molecular flexibility index (Phi) is 7.30. The highest BCUT2D eigenvalue weighted by molar-refractivity contribution is 7.52. The third-order valence-electron chi connectivity index (χ3n) is 7.73. The number of anilines is 2. The zero-order chi connectivity index (χ0) is 31.8. The Hall–Kier alpha value is -3.40. The maximum absolute atomic E-state index is 13.4. The van der Waals surface area contributed by atoms with Crippen LogP contribution in [0.3, 0.4) is 0 Å². The normalized spacial score (nSPS) is 37.7. The third-order valence-corrected chi connectivity index (χ3v) is 10.2. The van der Waals surface area contributed by atoms with Crippen molar-refractivity contribution in [3.8, 4) is 0 Å². The Morgan fingerprint density at radius 2 is 1.58 bits per heavy atom. The number of nitrogens with zero attached hydrogens (tertiary/aromatic N) is 7. The molecule has 0 radical (unpaired) electrons. The molecule has 3 aliphatic heterocycles. The molecule has 3 saturated heterocycles. The Bertz CT molecular complexity index is 1940. The van der Waals surface area contributed by atoms with E-state index >= 15 is 0 Å². The van der Waals surface area contributed by atoms with Crippen molar-refractivity contribution in [3.63, 3.8) is 0 Å². The maximum Gasteiger partial charge on any atom is 0.472 e. The number of phosphoric ester groups is 1. The van der Waals surface area contributed by atoms with Crippen LogP contribution < -0.4 is 17.0 Å². The lowest BCUT2D eigenvalue weighted by Gasteiger charge is -2.25. The number of aromatic nitrogens is 8. The first-order valence-corrected chi connectivity index (χ1v) is 16.5. The molecule has 3 aliphatic rings. The van der Waals surface area contributed by atoms with E-state index in [-0.39, 0.29) is 34.1 Å². The van der Waals surface area contributed by atoms with Gasteiger partial charge in [0.2, 0.25) is 5.95 Å². The fourth-order valence-electron chi connectivity index (χ4n) is 5.67. The molecule has 10 atom stereocenters. The van der Waals surface area contributed by atoms with Gasteiger partial charge >= 0.3 is 15.4 Å². The largest absolute Gasteiger partial charge is 0.472 e. The molecule has 24 heteroatoms. The molecule has 0 spiro atoms. The molecular formula is C21H26N10O12P2. The number of hydrogen-bond donors (Lipinski definition) is 7. The number of fused-ring (bicyclic) bond motifs is 5. The van der Waals surface area contributed by atoms with E-state index in [0.717, 1.165) is 10.9 Å². The Morgan fingerprint density at radius 3 is 2.36 bits per heavy atom. The number of aliphatic hydroxyl groups excluding tert-OH is 2. The molecular weight excluding hydrogens is 646 g/mol. The van der Waals surface area contributed by atoms with Gasteiger partial charge in [0.25, 0.3) is 5.56 Å². The van der Waals surface area contributed by atoms with Gasteiger partial charge in [0.15, 0.2) is 28.9 Å². The van der Waals surface area contributed by atoms with Crippen LogP contribution in [0.5, 0.6) is 0 Å². The van der Waals surface area contributed by atoms with Crippen LogP contribution in [0, 0.1) is 5.92 Å². The standard InChI is InChI=1S/C21H26N10O12P2/c22-15-10-16(25-4-24-15)30(5-26-10)19-7-3-44(35,36)39-2-9-14(43-45(37,38)40-1-8(41-19)12(7)32)13(33)20(42-9)31-6-27-11-17(31)28-21(23)29-18(11)34/h4-9,12-14,19-20,32-33H,1-3H2,(H,35,36)(H,37,38)(H2,22,24,25)(H3,23,28,29,34)/t7?,8-,9-,12?,13?,14?,19-,20-/m1/s1. The van der Waals surface area contributed by atoms with Crippen LogP contribution in [0.25, 0.3) is 22.3 Å². The van der Waals surface area contributed by atoms with Crippen LogP contribution in [-0.2, 0) is 32.2 Å². The zero-order valence-electron chi connectivity index (χ0n) is 22.7. The molecule has 4 aromatic heterocycles. The third kappa shape index (κ3) is 5.32. The first kappa shape index (κ1) is 30.3. The summed E-state index contributed by atoms with van der Waals surface area (Å²) < 4.78 is 56.6. The average molecular weight is 672 g/mol. The molecule has 3 fully saturated rings. The second-order valence-corrected chi connectivity index (χ2v) is 13.9. The predicted molar refractivity (Wildman–Crippen MR) is 147 cm³/mol. The van der Waals surface area contributed by atoms with Crippen molar-refractivity contribution in [3.05, 3.63) is 29.3 Å². The van der Waals surface area contributed by atoms with Crippen molar-refractivity contribution in [1.82, 2.24) is 39.0 Å². The number of ether oxygens (including phenoxy) is 2. The predicted octanol–water partition coefficient (Wildman–Crippen LogP) is -2.03. The van der Waals surface area contributed by atoms with E-state index in [1.807, 2.05) is 0 Å². The van der Waals surface area contributed by atoms with Gasteiger partial charge in [-0.3, -0.25) is 32.5 Å². The van der Waals surface area contributed by atoms with E-state index in [0.29, 0.717) is 0 Å². The monoisotopic (exact) mass is 672 g/mol. The summed E-state index contributed by atoms with van der Waals surface area (Å²) in [7, 11) is -9.63. The molecule has 2 bridgehead atoms. The minimum absolute atomic E-state index is 0.0618. The highest BCUT2D eigenvalue weighted by atomic mass is 31.2. The van der Waals surface area contributed by atoms with Crippen molar-refractivity contribution in [1.29, 1.82) is 0 Å². The molecule has 0 saturated carbocycles. The van der Waals surface area contributed by atoms with E-state index < -0.39 is 89.2 Å². The molecule has 242 valence electrons. The average Bonchev–Trinajstić information content (AvgIpc) is 3.72. The lowest BCUT2D eigenvalue weighted by atomic mass is 10.0. The zero-order valence-corrected chi connectivity index (χ0v) is 24.5. The lowest BCUT2D eigenvalue weighted by Crippen LogP contribution is -2.36. The van der Waals surface area contributed by atoms with Gasteiger partial charge in [0, 0.05) is 5.92 Å². The summed E-state index contributed by atoms with van der Waals surface area (Å²) in [5, 5.41) is 22.3. The molecule has 45 heavy (non-hydrogen) atoms. The van der Waals surface area contributed by atoms with Crippen molar-refractivity contribution in [2.45, 2.75) is 43.0 Å². The molecule has 6 unspecified atom stereocenters. The van der Waals surface area contributed by atoms with Gasteiger partial charge in [0.05, 0.1) is 38.1 Å². The summed E-state index contributed by atoms with van der Waals surface area (Å²) in [5.74, 6) is -1.34. The van der Waals surface area contributed by atoms with Crippen LogP contribution in [0.4, 0.5) is 11.8 Å². The number of H-pyrrole nitrogens is 1. The Morgan fingerprint density at radius 1 is 0.889 bits per heavy atom. The molecule has 4 aromatic rings. The summed E-state index contributed by atoms with van der Waals surface area (Å²) >= 11 is 0. The summed E-state index contributed by atoms with van der Waals surface area (Å²) in [4.78, 5) is 56.2. The van der Waals surface area contributed by atoms with Crippen molar-refractivity contribution < 1.29 is 52.2 Å². The van der Waals surface area contributed by atoms with Gasteiger partial charge < -0.3 is 45.5 Å². The summed E-state index contributed by atoms with van der Waals surface area (Å²) in [6.07, 6.45) is -7.30. The van der Waals surface area contributed by atoms with Gasteiger partial charge in [-0.05, 0) is 0 Å². The van der Waals surface area contributed by atoms with Crippen LogP contribution >= 0.6 is 15.4 Å². The van der Waals surface area contributed by atoms with Crippen molar-refractivity contribution >= 4 is 49.5 Å². The summed E-state index contributed by atoms with van der Waals surface area (Å²) in [6, 6.07) is 0. The van der Waals surface area contributed by atoms with Gasteiger partial charge in [-0.1, -0.05) is 0 Å². The highest BCUT2D eigenvalue weighted by Crippen LogP contribution is 2.54. The fraction of sp³-hybridized carbons (Fsp3) is 0.524. The lowest BCUT2D eigenvalue weighted by molar-refractivity contribution is -0.0558. The molecule has 0 aromatic carbocycles. The fourth-order valence-corrected chi connectivity index (χ4v) is 8.05. The summed E-state index contributed by atoms with van der Waals surface area (Å²) in [5.41, 5.74) is 11.0. The van der Waals surface area contributed by atoms with Gasteiger partial charge in [-0.15, -0.1) is 0 Å². The topological polar surface area (TPSA) is 320 Å². The number of nitrogen functional groups attached to an aromatic ring is 2. The second-order valence-electron chi connectivity index (χ2n) is 10.6. The van der Waals surface area contributed by atoms with E-state index in [2.05, 4.69) is 29.9 Å². The molecule has 7 heterocycles. The van der Waals surface area contributed by atoms with Gasteiger partial charge in [0.1, 0.15) is 42.5 Å². The van der Waals surface area contributed by atoms with Crippen molar-refractivity contribution in [2.75, 3.05) is 30.8 Å². The molecule has 7 rings (SSSR count). The molecule has 22 nitrogen and oxygen atoms in total. The maximum atomic E-state index is 13.4. The molecule has 0 aliphatic carbocycles. The van der Waals surface area contributed by atoms with E-state index in [1.165, 1.54) is 17.2 Å². The van der Waals surface area contributed by atoms with Gasteiger partial charge in [-0.25, -0.2) is 24.5 Å². The van der Waals surface area contributed by atoms with E-state index in [4.69, 9.17) is 34.5 Å². The number of aromatic amines is 1. The van der Waals surface area contributed by atoms with Crippen LogP contribution in [0.2, 0.25) is 0 Å². The second kappa shape index (κ2) is 10.9. The van der Waals surface area contributed by atoms with Crippen LogP contribution in [-0.4, -0.2) is 109 Å². The summed E-state index contributed by atoms with van der Waals surface area (Å²) in [6.45, 7) is -1.44.